The van der Waals surface area contributed by atoms with E-state index in [4.69, 9.17) is 9.47 Å². The average molecular weight is 475 g/mol. The SMILES string of the molecule is COc1cc2c(Nc3ccc(Br)cc3F)nncc2cc1OCC1CCN(C)CC1. The number of aromatic nitrogens is 2. The largest absolute Gasteiger partial charge is 0.493 e. The van der Waals surface area contributed by atoms with Crippen LogP contribution in [0.2, 0.25) is 0 Å². The first kappa shape index (κ1) is 20.8. The van der Waals surface area contributed by atoms with Gasteiger partial charge >= 0.3 is 0 Å². The van der Waals surface area contributed by atoms with Crippen LogP contribution in [0.1, 0.15) is 12.8 Å². The summed E-state index contributed by atoms with van der Waals surface area (Å²) in [5.74, 6) is 1.90. The van der Waals surface area contributed by atoms with Crippen LogP contribution >= 0.6 is 15.9 Å². The van der Waals surface area contributed by atoms with E-state index >= 15 is 0 Å². The van der Waals surface area contributed by atoms with Gasteiger partial charge in [-0.1, -0.05) is 15.9 Å². The Morgan fingerprint density at radius 2 is 2.00 bits per heavy atom. The van der Waals surface area contributed by atoms with Crippen LogP contribution in [-0.2, 0) is 0 Å². The molecule has 0 spiro atoms. The lowest BCUT2D eigenvalue weighted by atomic mass is 9.98. The monoisotopic (exact) mass is 474 g/mol. The number of piperidine rings is 1. The molecular formula is C22H24BrFN4O2. The summed E-state index contributed by atoms with van der Waals surface area (Å²) in [6.07, 6.45) is 3.93. The highest BCUT2D eigenvalue weighted by Crippen LogP contribution is 2.36. The zero-order chi connectivity index (χ0) is 21.1. The molecule has 8 heteroatoms. The van der Waals surface area contributed by atoms with Crippen LogP contribution in [0, 0.1) is 11.7 Å². The van der Waals surface area contributed by atoms with Crippen LogP contribution in [0.4, 0.5) is 15.9 Å². The number of halogens is 2. The first-order valence-electron chi connectivity index (χ1n) is 9.90. The second-order valence-electron chi connectivity index (χ2n) is 7.59. The molecule has 1 aromatic heterocycles. The number of rotatable bonds is 6. The minimum Gasteiger partial charge on any atom is -0.493 e. The number of hydrogen-bond donors (Lipinski definition) is 1. The van der Waals surface area contributed by atoms with Gasteiger partial charge in [-0.25, -0.2) is 4.39 Å². The molecule has 1 saturated heterocycles. The third-order valence-electron chi connectivity index (χ3n) is 5.44. The standard InChI is InChI=1S/C22H24BrFN4O2/c1-28-7-5-14(6-8-28)13-30-21-9-15-12-25-27-22(17(15)11-20(21)29-2)26-19-4-3-16(23)10-18(19)24/h3-4,9-12,14H,5-8,13H2,1-2H3,(H,26,27). The zero-order valence-electron chi connectivity index (χ0n) is 17.0. The summed E-state index contributed by atoms with van der Waals surface area (Å²) in [5.41, 5.74) is 0.321. The highest BCUT2D eigenvalue weighted by Gasteiger charge is 2.19. The summed E-state index contributed by atoms with van der Waals surface area (Å²) in [6.45, 7) is 2.85. The van der Waals surface area contributed by atoms with Gasteiger partial charge in [-0.2, -0.15) is 5.10 Å². The lowest BCUT2D eigenvalue weighted by Gasteiger charge is -2.28. The highest BCUT2D eigenvalue weighted by atomic mass is 79.9. The molecule has 0 atom stereocenters. The predicted molar refractivity (Wildman–Crippen MR) is 119 cm³/mol. The Morgan fingerprint density at radius 3 is 2.73 bits per heavy atom. The maximum atomic E-state index is 14.3. The van der Waals surface area contributed by atoms with E-state index < -0.39 is 0 Å². The number of fused-ring (bicyclic) bond motifs is 1. The minimum absolute atomic E-state index is 0.321. The Balaban J connectivity index is 1.58. The Hall–Kier alpha value is -2.45. The number of benzene rings is 2. The van der Waals surface area contributed by atoms with Crippen LogP contribution in [0.5, 0.6) is 11.5 Å². The smallest absolute Gasteiger partial charge is 0.161 e. The second-order valence-corrected chi connectivity index (χ2v) is 8.51. The van der Waals surface area contributed by atoms with E-state index in [0.29, 0.717) is 40.0 Å². The van der Waals surface area contributed by atoms with Crippen molar-refractivity contribution in [1.82, 2.24) is 15.1 Å². The zero-order valence-corrected chi connectivity index (χ0v) is 18.6. The van der Waals surface area contributed by atoms with Gasteiger partial charge in [0.1, 0.15) is 5.82 Å². The number of nitrogens with zero attached hydrogens (tertiary/aromatic N) is 3. The highest BCUT2D eigenvalue weighted by molar-refractivity contribution is 9.10. The summed E-state index contributed by atoms with van der Waals surface area (Å²) in [7, 11) is 3.76. The average Bonchev–Trinajstić information content (AvgIpc) is 2.75. The van der Waals surface area contributed by atoms with Gasteiger partial charge in [0.25, 0.3) is 0 Å². The summed E-state index contributed by atoms with van der Waals surface area (Å²) >= 11 is 3.27. The Labute approximate surface area is 183 Å². The number of hydrogen-bond acceptors (Lipinski definition) is 6. The van der Waals surface area contributed by atoms with Crippen molar-refractivity contribution in [3.63, 3.8) is 0 Å². The van der Waals surface area contributed by atoms with Crippen molar-refractivity contribution in [2.45, 2.75) is 12.8 Å². The number of anilines is 2. The molecule has 1 fully saturated rings. The third-order valence-corrected chi connectivity index (χ3v) is 5.94. The first-order chi connectivity index (χ1) is 14.5. The van der Waals surface area contributed by atoms with Gasteiger partial charge in [0.15, 0.2) is 17.3 Å². The van der Waals surface area contributed by atoms with Crippen LogP contribution in [0.15, 0.2) is 41.0 Å². The van der Waals surface area contributed by atoms with Gasteiger partial charge < -0.3 is 19.7 Å². The Bertz CT molecular complexity index is 1040. The molecule has 6 nitrogen and oxygen atoms in total. The normalized spacial score (nSPS) is 15.3. The van der Waals surface area contributed by atoms with Crippen molar-refractivity contribution in [3.8, 4) is 11.5 Å². The van der Waals surface area contributed by atoms with Gasteiger partial charge in [0.2, 0.25) is 0 Å². The summed E-state index contributed by atoms with van der Waals surface area (Å²) < 4.78 is 26.6. The minimum atomic E-state index is -0.381. The first-order valence-corrected chi connectivity index (χ1v) is 10.7. The molecule has 1 N–H and O–H groups in total. The van der Waals surface area contributed by atoms with Crippen molar-refractivity contribution in [2.75, 3.05) is 39.2 Å². The maximum Gasteiger partial charge on any atom is 0.161 e. The van der Waals surface area contributed by atoms with Gasteiger partial charge in [-0.05, 0) is 69.2 Å². The number of methoxy groups -OCH3 is 1. The molecule has 2 aromatic carbocycles. The van der Waals surface area contributed by atoms with Crippen molar-refractivity contribution < 1.29 is 13.9 Å². The molecule has 1 aliphatic heterocycles. The topological polar surface area (TPSA) is 59.5 Å². The second kappa shape index (κ2) is 9.14. The molecule has 0 saturated carbocycles. The van der Waals surface area contributed by atoms with E-state index in [1.54, 1.807) is 25.4 Å². The van der Waals surface area contributed by atoms with Crippen LogP contribution in [-0.4, -0.2) is 49.0 Å². The molecule has 0 radical (unpaired) electrons. The quantitative estimate of drug-likeness (QED) is 0.542. The molecule has 4 rings (SSSR count). The molecule has 3 aromatic rings. The van der Waals surface area contributed by atoms with Crippen molar-refractivity contribution in [1.29, 1.82) is 0 Å². The van der Waals surface area contributed by atoms with Crippen molar-refractivity contribution in [3.05, 3.63) is 46.8 Å². The molecule has 30 heavy (non-hydrogen) atoms. The molecule has 2 heterocycles. The molecular weight excluding hydrogens is 451 g/mol. The Kier molecular flexibility index (Phi) is 6.34. The van der Waals surface area contributed by atoms with E-state index in [0.717, 1.165) is 36.7 Å². The van der Waals surface area contributed by atoms with E-state index in [1.807, 2.05) is 12.1 Å². The summed E-state index contributed by atoms with van der Waals surface area (Å²) in [5, 5.41) is 12.9. The van der Waals surface area contributed by atoms with E-state index in [1.165, 1.54) is 6.07 Å². The fourth-order valence-electron chi connectivity index (χ4n) is 3.61. The maximum absolute atomic E-state index is 14.3. The van der Waals surface area contributed by atoms with E-state index in [-0.39, 0.29) is 5.82 Å². The van der Waals surface area contributed by atoms with Crippen molar-refractivity contribution >= 4 is 38.2 Å². The number of likely N-dealkylation sites (tertiary alicyclic amines) is 1. The molecule has 0 aliphatic carbocycles. The predicted octanol–water partition coefficient (Wildman–Crippen LogP) is 5.00. The summed E-state index contributed by atoms with van der Waals surface area (Å²) in [6, 6.07) is 8.57. The van der Waals surface area contributed by atoms with E-state index in [2.05, 4.69) is 43.4 Å². The van der Waals surface area contributed by atoms with Gasteiger partial charge in [-0.15, -0.1) is 5.10 Å². The van der Waals surface area contributed by atoms with Crippen molar-refractivity contribution in [2.24, 2.45) is 5.92 Å². The van der Waals surface area contributed by atoms with Gasteiger partial charge in [0.05, 0.1) is 25.6 Å². The van der Waals surface area contributed by atoms with Crippen LogP contribution < -0.4 is 14.8 Å². The lowest BCUT2D eigenvalue weighted by Crippen LogP contribution is -2.32. The lowest BCUT2D eigenvalue weighted by molar-refractivity contribution is 0.157. The van der Waals surface area contributed by atoms with Crippen LogP contribution in [0.25, 0.3) is 10.8 Å². The van der Waals surface area contributed by atoms with Gasteiger partial charge in [0, 0.05) is 15.2 Å². The molecule has 0 amide bonds. The van der Waals surface area contributed by atoms with E-state index in [9.17, 15) is 4.39 Å². The molecule has 0 bridgehead atoms. The number of ether oxygens (including phenoxy) is 2. The molecule has 158 valence electrons. The fraction of sp³-hybridized carbons (Fsp3) is 0.364. The molecule has 0 unspecified atom stereocenters. The number of nitrogens with one attached hydrogen (secondary N) is 1. The summed E-state index contributed by atoms with van der Waals surface area (Å²) in [4.78, 5) is 2.34. The third kappa shape index (κ3) is 4.65. The molecule has 1 aliphatic rings. The van der Waals surface area contributed by atoms with Crippen LogP contribution in [0.3, 0.4) is 0 Å². The fourth-order valence-corrected chi connectivity index (χ4v) is 3.94. The Morgan fingerprint density at radius 1 is 1.20 bits per heavy atom. The van der Waals surface area contributed by atoms with Gasteiger partial charge in [-0.3, -0.25) is 0 Å².